The molecule has 1 saturated heterocycles. The number of carbonyl (C=O) groups is 1. The predicted octanol–water partition coefficient (Wildman–Crippen LogP) is 2.71. The Bertz CT molecular complexity index is 633. The summed E-state index contributed by atoms with van der Waals surface area (Å²) in [5, 5.41) is 0.115. The highest BCUT2D eigenvalue weighted by atomic mass is 35.7. The molecule has 0 bridgehead atoms. The third-order valence-corrected chi connectivity index (χ3v) is 5.84. The molecule has 1 atom stereocenters. The lowest BCUT2D eigenvalue weighted by Crippen LogP contribution is -2.29. The number of amides is 1. The Kier molecular flexibility index (Phi) is 4.84. The van der Waals surface area contributed by atoms with Gasteiger partial charge in [-0.05, 0) is 24.1 Å². The van der Waals surface area contributed by atoms with Crippen LogP contribution in [0.4, 0.5) is 0 Å². The van der Waals surface area contributed by atoms with Gasteiger partial charge >= 0.3 is 0 Å². The molecule has 4 nitrogen and oxygen atoms in total. The van der Waals surface area contributed by atoms with Crippen molar-refractivity contribution in [3.05, 3.63) is 33.8 Å². The van der Waals surface area contributed by atoms with E-state index in [9.17, 15) is 13.2 Å². The third kappa shape index (κ3) is 3.79. The van der Waals surface area contributed by atoms with Gasteiger partial charge in [-0.2, -0.15) is 0 Å². The Morgan fingerprint density at radius 3 is 2.50 bits per heavy atom. The second kappa shape index (κ2) is 6.10. The molecule has 0 spiro atoms. The van der Waals surface area contributed by atoms with Crippen molar-refractivity contribution in [2.24, 2.45) is 0 Å². The molecule has 8 heteroatoms. The van der Waals surface area contributed by atoms with E-state index in [1.807, 2.05) is 6.07 Å². The molecule has 1 aliphatic heterocycles. The van der Waals surface area contributed by atoms with Crippen LogP contribution in [0.1, 0.15) is 12.0 Å². The minimum absolute atomic E-state index is 0.0484. The zero-order valence-electron chi connectivity index (χ0n) is 10.4. The van der Waals surface area contributed by atoms with E-state index in [2.05, 4.69) is 0 Å². The number of hydrogen-bond acceptors (Lipinski definition) is 3. The Balaban J connectivity index is 1.98. The van der Waals surface area contributed by atoms with Crippen molar-refractivity contribution in [3.63, 3.8) is 0 Å². The van der Waals surface area contributed by atoms with Crippen molar-refractivity contribution in [1.29, 1.82) is 0 Å². The number of likely N-dealkylation sites (tertiary alicyclic amines) is 1. The Morgan fingerprint density at radius 2 is 1.95 bits per heavy atom. The van der Waals surface area contributed by atoms with Crippen LogP contribution in [0.15, 0.2) is 18.2 Å². The molecule has 2 rings (SSSR count). The van der Waals surface area contributed by atoms with Crippen molar-refractivity contribution in [1.82, 2.24) is 4.90 Å². The monoisotopic (exact) mass is 355 g/mol. The van der Waals surface area contributed by atoms with Gasteiger partial charge in [0.2, 0.25) is 15.0 Å². The molecule has 1 fully saturated rings. The molecule has 0 aliphatic carbocycles. The highest BCUT2D eigenvalue weighted by Gasteiger charge is 2.36. The topological polar surface area (TPSA) is 54.5 Å². The van der Waals surface area contributed by atoms with Gasteiger partial charge in [0.25, 0.3) is 0 Å². The summed E-state index contributed by atoms with van der Waals surface area (Å²) in [6.07, 6.45) is 0.533. The lowest BCUT2D eigenvalue weighted by atomic mass is 10.1. The number of carbonyl (C=O) groups excluding carboxylic acids is 1. The summed E-state index contributed by atoms with van der Waals surface area (Å²) < 4.78 is 22.5. The summed E-state index contributed by atoms with van der Waals surface area (Å²) in [6.45, 7) is 0.575. The first-order valence-electron chi connectivity index (χ1n) is 5.92. The van der Waals surface area contributed by atoms with Crippen molar-refractivity contribution in [2.75, 3.05) is 13.1 Å². The van der Waals surface area contributed by atoms with Crippen LogP contribution in [0.3, 0.4) is 0 Å². The average molecular weight is 357 g/mol. The average Bonchev–Trinajstić information content (AvgIpc) is 2.72. The van der Waals surface area contributed by atoms with Crippen LogP contribution in [0, 0.1) is 0 Å². The van der Waals surface area contributed by atoms with Gasteiger partial charge in [0.1, 0.15) is 5.25 Å². The molecule has 1 aromatic carbocycles. The number of benzene rings is 1. The van der Waals surface area contributed by atoms with Gasteiger partial charge in [-0.3, -0.25) is 4.79 Å². The lowest BCUT2D eigenvalue weighted by molar-refractivity contribution is -0.127. The fourth-order valence-electron chi connectivity index (χ4n) is 2.10. The van der Waals surface area contributed by atoms with E-state index >= 15 is 0 Å². The molecule has 0 saturated carbocycles. The first-order valence-corrected chi connectivity index (χ1v) is 9.05. The van der Waals surface area contributed by atoms with E-state index in [1.54, 1.807) is 12.1 Å². The first-order chi connectivity index (χ1) is 9.27. The number of hydrogen-bond donors (Lipinski definition) is 0. The molecular formula is C12H12Cl3NO3S. The van der Waals surface area contributed by atoms with Crippen LogP contribution in [0.25, 0.3) is 0 Å². The number of nitrogens with zero attached hydrogens (tertiary/aromatic N) is 1. The fraction of sp³-hybridized carbons (Fsp3) is 0.417. The van der Waals surface area contributed by atoms with Crippen molar-refractivity contribution in [3.8, 4) is 0 Å². The zero-order chi connectivity index (χ0) is 14.9. The summed E-state index contributed by atoms with van der Waals surface area (Å²) in [7, 11) is 1.59. The van der Waals surface area contributed by atoms with E-state index in [4.69, 9.17) is 33.9 Å². The molecule has 1 unspecified atom stereocenters. The molecular weight excluding hydrogens is 345 g/mol. The van der Waals surface area contributed by atoms with E-state index in [1.165, 1.54) is 4.90 Å². The minimum Gasteiger partial charge on any atom is -0.341 e. The van der Waals surface area contributed by atoms with Gasteiger partial charge < -0.3 is 4.90 Å². The number of halogens is 3. The molecule has 1 heterocycles. The van der Waals surface area contributed by atoms with Crippen molar-refractivity contribution in [2.45, 2.75) is 18.1 Å². The zero-order valence-corrected chi connectivity index (χ0v) is 13.4. The lowest BCUT2D eigenvalue weighted by Gasteiger charge is -2.16. The van der Waals surface area contributed by atoms with Crippen LogP contribution < -0.4 is 0 Å². The maximum atomic E-state index is 11.7. The first kappa shape index (κ1) is 15.9. The van der Waals surface area contributed by atoms with Crippen LogP contribution >= 0.6 is 33.9 Å². The standard InChI is InChI=1S/C12H12Cl3NO3S/c13-10-2-1-8(5-11(10)14)3-4-16-7-9(6-12(16)17)20(15,18)19/h1-2,5,9H,3-4,6-7H2. The van der Waals surface area contributed by atoms with Gasteiger partial charge in [0.05, 0.1) is 10.0 Å². The Morgan fingerprint density at radius 1 is 1.25 bits per heavy atom. The smallest absolute Gasteiger partial charge is 0.237 e. The fourth-order valence-corrected chi connectivity index (χ4v) is 3.48. The highest BCUT2D eigenvalue weighted by Crippen LogP contribution is 2.24. The van der Waals surface area contributed by atoms with Gasteiger partial charge in [-0.25, -0.2) is 8.42 Å². The van der Waals surface area contributed by atoms with Gasteiger partial charge in [-0.15, -0.1) is 0 Å². The van der Waals surface area contributed by atoms with E-state index < -0.39 is 14.3 Å². The maximum absolute atomic E-state index is 11.7. The second-order valence-corrected chi connectivity index (χ2v) is 8.36. The van der Waals surface area contributed by atoms with Crippen LogP contribution in [0.5, 0.6) is 0 Å². The quantitative estimate of drug-likeness (QED) is 0.779. The molecule has 0 aromatic heterocycles. The van der Waals surface area contributed by atoms with Crippen molar-refractivity contribution >= 4 is 48.8 Å². The van der Waals surface area contributed by atoms with Gasteiger partial charge in [0.15, 0.2) is 0 Å². The predicted molar refractivity (Wildman–Crippen MR) is 79.9 cm³/mol. The number of rotatable bonds is 4. The Labute approximate surface area is 132 Å². The summed E-state index contributed by atoms with van der Waals surface area (Å²) in [5.74, 6) is -0.195. The molecule has 20 heavy (non-hydrogen) atoms. The largest absolute Gasteiger partial charge is 0.341 e. The van der Waals surface area contributed by atoms with E-state index in [0.717, 1.165) is 5.56 Å². The summed E-state index contributed by atoms with van der Waals surface area (Å²) in [4.78, 5) is 13.2. The van der Waals surface area contributed by atoms with Gasteiger partial charge in [0, 0.05) is 30.2 Å². The molecule has 1 aromatic rings. The summed E-state index contributed by atoms with van der Waals surface area (Å²) in [5.41, 5.74) is 0.935. The minimum atomic E-state index is -3.69. The molecule has 1 aliphatic rings. The summed E-state index contributed by atoms with van der Waals surface area (Å²) >= 11 is 11.7. The van der Waals surface area contributed by atoms with Crippen LogP contribution in [0.2, 0.25) is 10.0 Å². The summed E-state index contributed by atoms with van der Waals surface area (Å²) in [6, 6.07) is 5.25. The highest BCUT2D eigenvalue weighted by molar-refractivity contribution is 8.14. The maximum Gasteiger partial charge on any atom is 0.237 e. The van der Waals surface area contributed by atoms with Gasteiger partial charge in [-0.1, -0.05) is 29.3 Å². The Hall–Kier alpha value is -0.490. The molecule has 110 valence electrons. The SMILES string of the molecule is O=C1CC(S(=O)(=O)Cl)CN1CCc1ccc(Cl)c(Cl)c1. The second-order valence-electron chi connectivity index (χ2n) is 4.64. The molecule has 0 radical (unpaired) electrons. The van der Waals surface area contributed by atoms with Crippen LogP contribution in [-0.2, 0) is 20.3 Å². The van der Waals surface area contributed by atoms with Crippen molar-refractivity contribution < 1.29 is 13.2 Å². The van der Waals surface area contributed by atoms with E-state index in [0.29, 0.717) is 23.0 Å². The molecule has 1 amide bonds. The van der Waals surface area contributed by atoms with Crippen LogP contribution in [-0.4, -0.2) is 37.6 Å². The molecule has 0 N–H and O–H groups in total. The van der Waals surface area contributed by atoms with E-state index in [-0.39, 0.29) is 18.9 Å². The third-order valence-electron chi connectivity index (χ3n) is 3.23. The normalized spacial score (nSPS) is 19.6.